The number of carbonyl (C=O) groups is 1. The van der Waals surface area contributed by atoms with Crippen LogP contribution in [-0.2, 0) is 17.8 Å². The van der Waals surface area contributed by atoms with Crippen molar-refractivity contribution in [2.24, 2.45) is 11.7 Å². The Morgan fingerprint density at radius 2 is 2.08 bits per heavy atom. The molecule has 0 bridgehead atoms. The first-order valence-corrected chi connectivity index (χ1v) is 12.6. The summed E-state index contributed by atoms with van der Waals surface area (Å²) in [5.41, 5.74) is 9.44. The molecule has 2 aliphatic rings. The first-order valence-electron chi connectivity index (χ1n) is 12.6. The number of aryl methyl sites for hydroxylation is 2. The molecule has 3 aromatic heterocycles. The third-order valence-electron chi connectivity index (χ3n) is 7.17. The second-order valence-electron chi connectivity index (χ2n) is 9.73. The van der Waals surface area contributed by atoms with Gasteiger partial charge in [-0.25, -0.2) is 4.98 Å². The lowest BCUT2D eigenvalue weighted by Gasteiger charge is -2.33. The molecule has 1 aliphatic carbocycles. The van der Waals surface area contributed by atoms with E-state index in [1.165, 1.54) is 12.8 Å². The maximum atomic E-state index is 12.2. The molecule has 4 heterocycles. The highest BCUT2D eigenvalue weighted by molar-refractivity contribution is 6.02. The monoisotopic (exact) mass is 489 g/mol. The molecular formula is C25H31N9O2. The van der Waals surface area contributed by atoms with Crippen LogP contribution in [0.5, 0.6) is 0 Å². The zero-order valence-electron chi connectivity index (χ0n) is 20.6. The number of amides is 1. The van der Waals surface area contributed by atoms with Gasteiger partial charge in [0.05, 0.1) is 36.7 Å². The van der Waals surface area contributed by atoms with E-state index in [9.17, 15) is 4.79 Å². The summed E-state index contributed by atoms with van der Waals surface area (Å²) in [6, 6.07) is 5.53. The van der Waals surface area contributed by atoms with Gasteiger partial charge in [0.25, 0.3) is 0 Å². The molecule has 11 nitrogen and oxygen atoms in total. The molecule has 0 spiro atoms. The maximum Gasteiger partial charge on any atom is 0.248 e. The van der Waals surface area contributed by atoms with E-state index in [1.54, 1.807) is 6.07 Å². The molecule has 0 radical (unpaired) electrons. The number of morpholine rings is 1. The molecule has 0 unspecified atom stereocenters. The van der Waals surface area contributed by atoms with Gasteiger partial charge in [-0.05, 0) is 50.8 Å². The van der Waals surface area contributed by atoms with E-state index in [2.05, 4.69) is 25.3 Å². The molecule has 1 aliphatic heterocycles. The van der Waals surface area contributed by atoms with Crippen LogP contribution in [0.15, 0.2) is 24.4 Å². The van der Waals surface area contributed by atoms with Crippen molar-refractivity contribution in [3.8, 4) is 22.9 Å². The smallest absolute Gasteiger partial charge is 0.248 e. The number of aromatic nitrogens is 7. The number of primary amides is 1. The van der Waals surface area contributed by atoms with Crippen LogP contribution in [0.1, 0.15) is 35.8 Å². The molecule has 188 valence electrons. The van der Waals surface area contributed by atoms with Crippen molar-refractivity contribution in [1.82, 2.24) is 39.6 Å². The SMILES string of the molecule is CCn1nc(C)cc1-c1n[nH]c(-c2cc(C(N)=O)cc3c2cnn3CCN2CCO[C@@H](C3CC3)C2)n1. The number of benzene rings is 1. The van der Waals surface area contributed by atoms with Crippen LogP contribution in [-0.4, -0.2) is 77.9 Å². The average molecular weight is 490 g/mol. The van der Waals surface area contributed by atoms with E-state index in [0.29, 0.717) is 36.4 Å². The van der Waals surface area contributed by atoms with Gasteiger partial charge in [-0.3, -0.25) is 24.2 Å². The van der Waals surface area contributed by atoms with Crippen LogP contribution in [0.4, 0.5) is 0 Å². The van der Waals surface area contributed by atoms with Crippen LogP contribution in [0.2, 0.25) is 0 Å². The Kier molecular flexibility index (Phi) is 5.81. The fourth-order valence-electron chi connectivity index (χ4n) is 5.08. The second kappa shape index (κ2) is 9.14. The number of H-pyrrole nitrogens is 1. The molecular weight excluding hydrogens is 458 g/mol. The van der Waals surface area contributed by atoms with Crippen LogP contribution in [0.3, 0.4) is 0 Å². The van der Waals surface area contributed by atoms with Gasteiger partial charge in [-0.2, -0.15) is 15.3 Å². The minimum absolute atomic E-state index is 0.356. The fourth-order valence-corrected chi connectivity index (χ4v) is 5.08. The number of aromatic amines is 1. The van der Waals surface area contributed by atoms with E-state index < -0.39 is 5.91 Å². The molecule has 3 N–H and O–H groups in total. The maximum absolute atomic E-state index is 12.2. The number of nitrogens with two attached hydrogens (primary N) is 1. The van der Waals surface area contributed by atoms with Crippen LogP contribution >= 0.6 is 0 Å². The van der Waals surface area contributed by atoms with Crippen LogP contribution in [0.25, 0.3) is 33.8 Å². The van der Waals surface area contributed by atoms with Gasteiger partial charge in [0.2, 0.25) is 5.91 Å². The largest absolute Gasteiger partial charge is 0.375 e. The number of hydrogen-bond donors (Lipinski definition) is 2. The van der Waals surface area contributed by atoms with Gasteiger partial charge < -0.3 is 10.5 Å². The van der Waals surface area contributed by atoms with Gasteiger partial charge in [-0.15, -0.1) is 0 Å². The van der Waals surface area contributed by atoms with Crippen molar-refractivity contribution in [3.05, 3.63) is 35.7 Å². The standard InChI is InChI=1S/C25H31N9O2/c1-3-33-21(10-15(2)31-33)25-28-24(29-30-25)18-11-17(23(26)35)12-20-19(18)13-27-34(20)7-6-32-8-9-36-22(14-32)16-4-5-16/h10-13,16,22H,3-9,14H2,1-2H3,(H2,26,35)(H,28,29,30)/t22-/m1/s1. The number of rotatable bonds is 8. The molecule has 1 atom stereocenters. The number of ether oxygens (including phenoxy) is 1. The molecule has 1 saturated heterocycles. The van der Waals surface area contributed by atoms with Gasteiger partial charge in [0, 0.05) is 42.7 Å². The Morgan fingerprint density at radius 3 is 2.86 bits per heavy atom. The van der Waals surface area contributed by atoms with Crippen LogP contribution in [0, 0.1) is 12.8 Å². The number of hydrogen-bond acceptors (Lipinski definition) is 7. The second-order valence-corrected chi connectivity index (χ2v) is 9.73. The Bertz CT molecular complexity index is 1410. The zero-order valence-corrected chi connectivity index (χ0v) is 20.6. The molecule has 1 aromatic carbocycles. The summed E-state index contributed by atoms with van der Waals surface area (Å²) in [6.07, 6.45) is 4.74. The van der Waals surface area contributed by atoms with E-state index in [0.717, 1.165) is 60.0 Å². The third kappa shape index (κ3) is 4.28. The van der Waals surface area contributed by atoms with Crippen molar-refractivity contribution in [2.75, 3.05) is 26.2 Å². The Morgan fingerprint density at radius 1 is 1.22 bits per heavy atom. The Hall–Kier alpha value is -3.57. The lowest BCUT2D eigenvalue weighted by atomic mass is 10.0. The summed E-state index contributed by atoms with van der Waals surface area (Å²) in [7, 11) is 0. The van der Waals surface area contributed by atoms with Gasteiger partial charge in [-0.1, -0.05) is 0 Å². The molecule has 36 heavy (non-hydrogen) atoms. The van der Waals surface area contributed by atoms with Gasteiger partial charge in [0.15, 0.2) is 11.6 Å². The summed E-state index contributed by atoms with van der Waals surface area (Å²) in [5, 5.41) is 17.5. The van der Waals surface area contributed by atoms with E-state index >= 15 is 0 Å². The lowest BCUT2D eigenvalue weighted by Crippen LogP contribution is -2.44. The van der Waals surface area contributed by atoms with Gasteiger partial charge >= 0.3 is 0 Å². The van der Waals surface area contributed by atoms with Gasteiger partial charge in [0.1, 0.15) is 5.69 Å². The van der Waals surface area contributed by atoms with E-state index in [4.69, 9.17) is 15.5 Å². The number of nitrogens with one attached hydrogen (secondary N) is 1. The number of nitrogens with zero attached hydrogens (tertiary/aromatic N) is 7. The quantitative estimate of drug-likeness (QED) is 0.388. The third-order valence-corrected chi connectivity index (χ3v) is 7.17. The molecule has 1 saturated carbocycles. The summed E-state index contributed by atoms with van der Waals surface area (Å²) >= 11 is 0. The Labute approximate surface area is 208 Å². The first kappa shape index (κ1) is 22.9. The summed E-state index contributed by atoms with van der Waals surface area (Å²) in [6.45, 7) is 8.94. The van der Waals surface area contributed by atoms with Crippen molar-refractivity contribution >= 4 is 16.8 Å². The minimum atomic E-state index is -0.495. The molecule has 4 aromatic rings. The summed E-state index contributed by atoms with van der Waals surface area (Å²) in [5.74, 6) is 1.34. The molecule has 6 rings (SSSR count). The summed E-state index contributed by atoms with van der Waals surface area (Å²) < 4.78 is 9.77. The van der Waals surface area contributed by atoms with Crippen molar-refractivity contribution < 1.29 is 9.53 Å². The molecule has 1 amide bonds. The normalized spacial score (nSPS) is 18.8. The topological polar surface area (TPSA) is 133 Å². The first-order chi connectivity index (χ1) is 17.5. The Balaban J connectivity index is 1.30. The number of fused-ring (bicyclic) bond motifs is 1. The summed E-state index contributed by atoms with van der Waals surface area (Å²) in [4.78, 5) is 19.4. The molecule has 11 heteroatoms. The van der Waals surface area contributed by atoms with Crippen molar-refractivity contribution in [2.45, 2.75) is 45.9 Å². The highest BCUT2D eigenvalue weighted by atomic mass is 16.5. The lowest BCUT2D eigenvalue weighted by molar-refractivity contribution is -0.0400. The highest BCUT2D eigenvalue weighted by Crippen LogP contribution is 2.35. The van der Waals surface area contributed by atoms with E-state index in [-0.39, 0.29) is 0 Å². The number of carbonyl (C=O) groups excluding carboxylic acids is 1. The predicted octanol–water partition coefficient (Wildman–Crippen LogP) is 2.22. The van der Waals surface area contributed by atoms with Crippen molar-refractivity contribution in [3.63, 3.8) is 0 Å². The minimum Gasteiger partial charge on any atom is -0.375 e. The average Bonchev–Trinajstić information content (AvgIpc) is 3.29. The highest BCUT2D eigenvalue weighted by Gasteiger charge is 2.35. The zero-order chi connectivity index (χ0) is 24.8. The van der Waals surface area contributed by atoms with Crippen LogP contribution < -0.4 is 5.73 Å². The van der Waals surface area contributed by atoms with Crippen molar-refractivity contribution in [1.29, 1.82) is 0 Å². The van der Waals surface area contributed by atoms with E-state index in [1.807, 2.05) is 41.5 Å². The molecule has 2 fully saturated rings. The fraction of sp³-hybridized carbons (Fsp3) is 0.480. The predicted molar refractivity (Wildman–Crippen MR) is 134 cm³/mol.